The Hall–Kier alpha value is -0.820. The fourth-order valence-corrected chi connectivity index (χ4v) is 2.42. The SMILES string of the molecule is Cl.Cl.Cl.NCC1CCCN(c2nccn3cnnc23)C1. The van der Waals surface area contributed by atoms with E-state index in [0.29, 0.717) is 5.92 Å². The molecule has 0 aromatic carbocycles. The predicted octanol–water partition coefficient (Wildman–Crippen LogP) is 1.56. The zero-order valence-corrected chi connectivity index (χ0v) is 13.3. The molecule has 1 saturated heterocycles. The van der Waals surface area contributed by atoms with Gasteiger partial charge < -0.3 is 10.6 Å². The topological polar surface area (TPSA) is 72.3 Å². The lowest BCUT2D eigenvalue weighted by molar-refractivity contribution is 0.422. The van der Waals surface area contributed by atoms with Crippen molar-refractivity contribution in [1.82, 2.24) is 19.6 Å². The third kappa shape index (κ3) is 3.63. The molecule has 1 fully saturated rings. The summed E-state index contributed by atoms with van der Waals surface area (Å²) in [4.78, 5) is 6.70. The predicted molar refractivity (Wildman–Crippen MR) is 86.5 cm³/mol. The van der Waals surface area contributed by atoms with Gasteiger partial charge in [-0.1, -0.05) is 0 Å². The van der Waals surface area contributed by atoms with Gasteiger partial charge in [0, 0.05) is 25.5 Å². The lowest BCUT2D eigenvalue weighted by atomic mass is 9.98. The number of piperidine rings is 1. The summed E-state index contributed by atoms with van der Waals surface area (Å²) in [6.45, 7) is 2.73. The lowest BCUT2D eigenvalue weighted by Crippen LogP contribution is -2.39. The molecule has 3 rings (SSSR count). The number of fused-ring (bicyclic) bond motifs is 1. The van der Waals surface area contributed by atoms with Gasteiger partial charge in [0.05, 0.1) is 0 Å². The smallest absolute Gasteiger partial charge is 0.203 e. The molecule has 20 heavy (non-hydrogen) atoms. The van der Waals surface area contributed by atoms with Crippen molar-refractivity contribution < 1.29 is 0 Å². The van der Waals surface area contributed by atoms with Gasteiger partial charge in [0.15, 0.2) is 5.82 Å². The minimum Gasteiger partial charge on any atom is -0.353 e. The molecular formula is C11H19Cl3N6. The van der Waals surface area contributed by atoms with E-state index in [0.717, 1.165) is 31.1 Å². The number of anilines is 1. The second-order valence-corrected chi connectivity index (χ2v) is 4.50. The van der Waals surface area contributed by atoms with E-state index in [1.54, 1.807) is 12.5 Å². The molecule has 114 valence electrons. The summed E-state index contributed by atoms with van der Waals surface area (Å²) in [7, 11) is 0. The summed E-state index contributed by atoms with van der Waals surface area (Å²) in [5.74, 6) is 1.48. The van der Waals surface area contributed by atoms with Crippen LogP contribution >= 0.6 is 37.2 Å². The van der Waals surface area contributed by atoms with Gasteiger partial charge in [-0.2, -0.15) is 0 Å². The van der Waals surface area contributed by atoms with Crippen LogP contribution in [0.3, 0.4) is 0 Å². The number of halogens is 3. The number of nitrogens with zero attached hydrogens (tertiary/aromatic N) is 5. The van der Waals surface area contributed by atoms with E-state index in [1.165, 1.54) is 12.8 Å². The van der Waals surface area contributed by atoms with Crippen LogP contribution in [0.5, 0.6) is 0 Å². The number of nitrogens with two attached hydrogens (primary N) is 1. The molecule has 0 radical (unpaired) electrons. The highest BCUT2D eigenvalue weighted by Gasteiger charge is 2.22. The molecule has 0 amide bonds. The van der Waals surface area contributed by atoms with Crippen LogP contribution in [-0.4, -0.2) is 39.2 Å². The van der Waals surface area contributed by atoms with E-state index < -0.39 is 0 Å². The Bertz CT molecular complexity index is 520. The van der Waals surface area contributed by atoms with E-state index in [9.17, 15) is 0 Å². The maximum absolute atomic E-state index is 5.76. The number of hydrogen-bond acceptors (Lipinski definition) is 5. The molecule has 1 unspecified atom stereocenters. The Labute approximate surface area is 136 Å². The first-order chi connectivity index (χ1) is 8.38. The Morgan fingerprint density at radius 3 is 2.85 bits per heavy atom. The van der Waals surface area contributed by atoms with Gasteiger partial charge in [0.2, 0.25) is 5.65 Å². The van der Waals surface area contributed by atoms with Crippen molar-refractivity contribution in [3.8, 4) is 0 Å². The summed E-state index contributed by atoms with van der Waals surface area (Å²) in [5, 5.41) is 8.04. The van der Waals surface area contributed by atoms with Crippen molar-refractivity contribution in [2.45, 2.75) is 12.8 Å². The van der Waals surface area contributed by atoms with Crippen molar-refractivity contribution >= 4 is 48.7 Å². The molecule has 0 saturated carbocycles. The first-order valence-electron chi connectivity index (χ1n) is 5.98. The fourth-order valence-electron chi connectivity index (χ4n) is 2.42. The highest BCUT2D eigenvalue weighted by Crippen LogP contribution is 2.23. The van der Waals surface area contributed by atoms with Crippen molar-refractivity contribution in [2.24, 2.45) is 11.7 Å². The molecular weight excluding hydrogens is 323 g/mol. The third-order valence-electron chi connectivity index (χ3n) is 3.35. The van der Waals surface area contributed by atoms with E-state index >= 15 is 0 Å². The van der Waals surface area contributed by atoms with Gasteiger partial charge >= 0.3 is 0 Å². The normalized spacial score (nSPS) is 17.9. The summed E-state index contributed by atoms with van der Waals surface area (Å²) in [5.41, 5.74) is 6.58. The van der Waals surface area contributed by atoms with E-state index in [1.807, 2.05) is 10.6 Å². The van der Waals surface area contributed by atoms with Crippen molar-refractivity contribution in [1.29, 1.82) is 0 Å². The zero-order valence-electron chi connectivity index (χ0n) is 10.9. The molecule has 0 aliphatic carbocycles. The van der Waals surface area contributed by atoms with Crippen molar-refractivity contribution in [3.05, 3.63) is 18.7 Å². The fraction of sp³-hybridized carbons (Fsp3) is 0.545. The summed E-state index contributed by atoms with van der Waals surface area (Å²) < 4.78 is 1.90. The molecule has 2 N–H and O–H groups in total. The van der Waals surface area contributed by atoms with Crippen LogP contribution in [0.1, 0.15) is 12.8 Å². The van der Waals surface area contributed by atoms with Crippen LogP contribution in [0.15, 0.2) is 18.7 Å². The average Bonchev–Trinajstić information content (AvgIpc) is 2.87. The molecule has 3 heterocycles. The minimum absolute atomic E-state index is 0. The monoisotopic (exact) mass is 340 g/mol. The second-order valence-electron chi connectivity index (χ2n) is 4.50. The number of aromatic nitrogens is 4. The summed E-state index contributed by atoms with van der Waals surface area (Å²) in [6.07, 6.45) is 7.73. The van der Waals surface area contributed by atoms with Crippen molar-refractivity contribution in [3.63, 3.8) is 0 Å². The van der Waals surface area contributed by atoms with Gasteiger partial charge in [-0.3, -0.25) is 4.40 Å². The van der Waals surface area contributed by atoms with Crippen molar-refractivity contribution in [2.75, 3.05) is 24.5 Å². The van der Waals surface area contributed by atoms with Gasteiger partial charge in [0.25, 0.3) is 0 Å². The largest absolute Gasteiger partial charge is 0.353 e. The first-order valence-corrected chi connectivity index (χ1v) is 5.98. The highest BCUT2D eigenvalue weighted by molar-refractivity contribution is 5.86. The van der Waals surface area contributed by atoms with E-state index in [4.69, 9.17) is 5.73 Å². The van der Waals surface area contributed by atoms with Crippen LogP contribution in [0.2, 0.25) is 0 Å². The lowest BCUT2D eigenvalue weighted by Gasteiger charge is -2.32. The van der Waals surface area contributed by atoms with Gasteiger partial charge in [-0.15, -0.1) is 47.4 Å². The molecule has 0 bridgehead atoms. The Morgan fingerprint density at radius 1 is 1.30 bits per heavy atom. The van der Waals surface area contributed by atoms with Gasteiger partial charge in [0.1, 0.15) is 6.33 Å². The van der Waals surface area contributed by atoms with Gasteiger partial charge in [-0.25, -0.2) is 4.98 Å². The molecule has 0 spiro atoms. The molecule has 1 aliphatic heterocycles. The van der Waals surface area contributed by atoms with Crippen LogP contribution < -0.4 is 10.6 Å². The number of hydrogen-bond donors (Lipinski definition) is 1. The van der Waals surface area contributed by atoms with E-state index in [2.05, 4.69) is 20.1 Å². The third-order valence-corrected chi connectivity index (χ3v) is 3.35. The molecule has 1 atom stereocenters. The Morgan fingerprint density at radius 2 is 2.10 bits per heavy atom. The molecule has 6 nitrogen and oxygen atoms in total. The van der Waals surface area contributed by atoms with Crippen LogP contribution in [0.4, 0.5) is 5.82 Å². The van der Waals surface area contributed by atoms with Crippen LogP contribution in [-0.2, 0) is 0 Å². The Kier molecular flexibility index (Phi) is 8.12. The average molecular weight is 342 g/mol. The van der Waals surface area contributed by atoms with Crippen LogP contribution in [0, 0.1) is 5.92 Å². The maximum atomic E-state index is 5.76. The summed E-state index contributed by atoms with van der Waals surface area (Å²) in [6, 6.07) is 0. The highest BCUT2D eigenvalue weighted by atomic mass is 35.5. The quantitative estimate of drug-likeness (QED) is 0.897. The standard InChI is InChI=1S/C11H16N6.3ClH/c12-6-9-2-1-4-16(7-9)10-11-15-14-8-17(11)5-3-13-10;;;/h3,5,8-9H,1-2,4,6-7,12H2;3*1H. The van der Waals surface area contributed by atoms with Crippen LogP contribution in [0.25, 0.3) is 5.65 Å². The maximum Gasteiger partial charge on any atom is 0.203 e. The summed E-state index contributed by atoms with van der Waals surface area (Å²) >= 11 is 0. The molecule has 9 heteroatoms. The Balaban J connectivity index is 0.00000120. The van der Waals surface area contributed by atoms with E-state index in [-0.39, 0.29) is 37.2 Å². The second kappa shape index (κ2) is 8.46. The number of rotatable bonds is 2. The first kappa shape index (κ1) is 19.2. The minimum atomic E-state index is 0. The molecule has 2 aromatic heterocycles. The van der Waals surface area contributed by atoms with Gasteiger partial charge in [-0.05, 0) is 25.3 Å². The molecule has 2 aromatic rings. The zero-order chi connectivity index (χ0) is 11.7. The molecule has 1 aliphatic rings.